The lowest BCUT2D eigenvalue weighted by Crippen LogP contribution is -2.42. The van der Waals surface area contributed by atoms with Crippen LogP contribution in [0.2, 0.25) is 5.02 Å². The number of aromatic nitrogens is 4. The molecule has 238 valence electrons. The molecule has 3 fully saturated rings. The standard InChI is InChI=1S/C34H43ClN8O2/c1-3-31(44)39-26-9-5-7-24(16-26)18-36-33-30(35)20-37-34(41-33)40-27-19-38-43(21-27)28-10-12-42(13-11-28)32(45)17-29-22(2)14-23-6-4-8-25(29)15-23/h3,5,7,9,16,19-23,25,28-29H,1,4,6,8,10-15,17-18H2,2H3,(H,39,44)(H2,36,37,40,41)/t22-,23+,25+,29?/m0/s1. The molecule has 0 spiro atoms. The number of rotatable bonds is 10. The second kappa shape index (κ2) is 14.0. The first-order valence-corrected chi connectivity index (χ1v) is 16.6. The number of benzene rings is 1. The van der Waals surface area contributed by atoms with Crippen molar-refractivity contribution < 1.29 is 9.59 Å². The van der Waals surface area contributed by atoms with Crippen LogP contribution in [0.1, 0.15) is 69.9 Å². The van der Waals surface area contributed by atoms with E-state index in [9.17, 15) is 9.59 Å². The number of likely N-dealkylation sites (tertiary alicyclic amines) is 1. The van der Waals surface area contributed by atoms with Gasteiger partial charge in [0.05, 0.1) is 24.1 Å². The monoisotopic (exact) mass is 630 g/mol. The molecule has 6 rings (SSSR count). The number of halogens is 1. The van der Waals surface area contributed by atoms with Gasteiger partial charge < -0.3 is 20.9 Å². The molecule has 2 bridgehead atoms. The summed E-state index contributed by atoms with van der Waals surface area (Å²) in [6.07, 6.45) is 15.7. The van der Waals surface area contributed by atoms with Gasteiger partial charge in [-0.25, -0.2) is 4.98 Å². The summed E-state index contributed by atoms with van der Waals surface area (Å²) in [5.74, 6) is 3.83. The Morgan fingerprint density at radius 3 is 2.78 bits per heavy atom. The Hall–Kier alpha value is -3.92. The number of hydrogen-bond acceptors (Lipinski definition) is 7. The van der Waals surface area contributed by atoms with Gasteiger partial charge in [0.15, 0.2) is 5.82 Å². The average molecular weight is 631 g/mol. The highest BCUT2D eigenvalue weighted by Gasteiger charge is 2.39. The molecule has 1 saturated heterocycles. The van der Waals surface area contributed by atoms with Crippen LogP contribution in [-0.2, 0) is 16.1 Å². The molecule has 2 aromatic heterocycles. The number of carbonyl (C=O) groups is 2. The lowest BCUT2D eigenvalue weighted by molar-refractivity contribution is -0.135. The molecule has 3 aromatic rings. The van der Waals surface area contributed by atoms with Crippen LogP contribution in [0.5, 0.6) is 0 Å². The van der Waals surface area contributed by atoms with E-state index in [-0.39, 0.29) is 11.9 Å². The van der Waals surface area contributed by atoms with Gasteiger partial charge in [0.1, 0.15) is 5.02 Å². The van der Waals surface area contributed by atoms with Crippen LogP contribution in [0.4, 0.5) is 23.1 Å². The summed E-state index contributed by atoms with van der Waals surface area (Å²) >= 11 is 6.38. The zero-order chi connectivity index (χ0) is 31.3. The highest BCUT2D eigenvalue weighted by molar-refractivity contribution is 6.32. The highest BCUT2D eigenvalue weighted by Crippen LogP contribution is 2.47. The van der Waals surface area contributed by atoms with Crippen molar-refractivity contribution in [2.24, 2.45) is 23.7 Å². The Labute approximate surface area is 270 Å². The first kappa shape index (κ1) is 31.1. The summed E-state index contributed by atoms with van der Waals surface area (Å²) in [4.78, 5) is 35.9. The molecule has 4 atom stereocenters. The van der Waals surface area contributed by atoms with Gasteiger partial charge in [-0.15, -0.1) is 0 Å². The molecule has 45 heavy (non-hydrogen) atoms. The van der Waals surface area contributed by atoms with E-state index >= 15 is 0 Å². The zero-order valence-corrected chi connectivity index (χ0v) is 26.7. The lowest BCUT2D eigenvalue weighted by atomic mass is 9.61. The van der Waals surface area contributed by atoms with Gasteiger partial charge in [0.25, 0.3) is 0 Å². The molecule has 11 heteroatoms. The lowest BCUT2D eigenvalue weighted by Gasteiger charge is -2.45. The molecule has 2 aliphatic carbocycles. The van der Waals surface area contributed by atoms with E-state index in [2.05, 4.69) is 49.4 Å². The fourth-order valence-corrected chi connectivity index (χ4v) is 7.76. The molecule has 0 radical (unpaired) electrons. The summed E-state index contributed by atoms with van der Waals surface area (Å²) in [7, 11) is 0. The van der Waals surface area contributed by atoms with Gasteiger partial charge in [-0.2, -0.15) is 10.1 Å². The molecular formula is C34H43ClN8O2. The van der Waals surface area contributed by atoms with Crippen molar-refractivity contribution in [2.75, 3.05) is 29.0 Å². The fourth-order valence-electron chi connectivity index (χ4n) is 7.60. The molecule has 10 nitrogen and oxygen atoms in total. The van der Waals surface area contributed by atoms with E-state index in [0.717, 1.165) is 55.4 Å². The first-order valence-electron chi connectivity index (χ1n) is 16.2. The van der Waals surface area contributed by atoms with E-state index in [1.54, 1.807) is 12.4 Å². The van der Waals surface area contributed by atoms with E-state index in [1.807, 2.05) is 35.1 Å². The summed E-state index contributed by atoms with van der Waals surface area (Å²) in [6, 6.07) is 7.74. The Bertz CT molecular complexity index is 1520. The third kappa shape index (κ3) is 7.66. The smallest absolute Gasteiger partial charge is 0.247 e. The number of fused-ring (bicyclic) bond motifs is 2. The van der Waals surface area contributed by atoms with Gasteiger partial charge in [-0.1, -0.05) is 56.5 Å². The topological polar surface area (TPSA) is 117 Å². The summed E-state index contributed by atoms with van der Waals surface area (Å²) in [5, 5.41) is 14.3. The number of hydrogen-bond donors (Lipinski definition) is 3. The second-order valence-electron chi connectivity index (χ2n) is 13.0. The minimum absolute atomic E-state index is 0.243. The zero-order valence-electron chi connectivity index (χ0n) is 25.9. The maximum Gasteiger partial charge on any atom is 0.247 e. The SMILES string of the molecule is C=CC(=O)Nc1cccc(CNc2nc(Nc3cnn(C4CCN(C(=O)CC5[C@@H]6CCC[C@@H](C6)C[C@@H]5C)CC4)c3)ncc2Cl)c1. The van der Waals surface area contributed by atoms with Crippen molar-refractivity contribution in [1.82, 2.24) is 24.6 Å². The van der Waals surface area contributed by atoms with E-state index in [1.165, 1.54) is 38.2 Å². The summed E-state index contributed by atoms with van der Waals surface area (Å²) < 4.78 is 1.99. The van der Waals surface area contributed by atoms with Crippen LogP contribution in [0.25, 0.3) is 0 Å². The first-order chi connectivity index (χ1) is 21.8. The predicted octanol–water partition coefficient (Wildman–Crippen LogP) is 6.82. The predicted molar refractivity (Wildman–Crippen MR) is 177 cm³/mol. The van der Waals surface area contributed by atoms with E-state index in [0.29, 0.717) is 46.8 Å². The second-order valence-corrected chi connectivity index (χ2v) is 13.4. The molecule has 3 aliphatic rings. The van der Waals surface area contributed by atoms with Crippen molar-refractivity contribution in [3.63, 3.8) is 0 Å². The largest absolute Gasteiger partial charge is 0.365 e. The molecular weight excluding hydrogens is 588 g/mol. The van der Waals surface area contributed by atoms with Gasteiger partial charge in [0, 0.05) is 37.9 Å². The van der Waals surface area contributed by atoms with Crippen molar-refractivity contribution in [3.8, 4) is 0 Å². The number of carbonyl (C=O) groups excluding carboxylic acids is 2. The summed E-state index contributed by atoms with van der Waals surface area (Å²) in [5.41, 5.74) is 2.41. The molecule has 1 aliphatic heterocycles. The molecule has 2 amide bonds. The number of amides is 2. The number of piperidine rings is 1. The van der Waals surface area contributed by atoms with Crippen molar-refractivity contribution in [2.45, 2.75) is 70.9 Å². The van der Waals surface area contributed by atoms with Crippen LogP contribution >= 0.6 is 11.6 Å². The van der Waals surface area contributed by atoms with Crippen LogP contribution in [0.15, 0.2) is 55.5 Å². The third-order valence-corrected chi connectivity index (χ3v) is 10.2. The van der Waals surface area contributed by atoms with E-state index < -0.39 is 0 Å². The number of nitrogens with zero attached hydrogens (tertiary/aromatic N) is 5. The average Bonchev–Trinajstić information content (AvgIpc) is 3.52. The Morgan fingerprint density at radius 2 is 1.96 bits per heavy atom. The minimum atomic E-state index is -0.264. The molecule has 2 saturated carbocycles. The van der Waals surface area contributed by atoms with Crippen LogP contribution < -0.4 is 16.0 Å². The molecule has 1 aromatic carbocycles. The van der Waals surface area contributed by atoms with Gasteiger partial charge in [-0.3, -0.25) is 14.3 Å². The Morgan fingerprint density at radius 1 is 1.11 bits per heavy atom. The molecule has 3 N–H and O–H groups in total. The summed E-state index contributed by atoms with van der Waals surface area (Å²) in [6.45, 7) is 7.87. The highest BCUT2D eigenvalue weighted by atomic mass is 35.5. The van der Waals surface area contributed by atoms with Crippen LogP contribution in [0, 0.1) is 23.7 Å². The molecule has 1 unspecified atom stereocenters. The van der Waals surface area contributed by atoms with Crippen molar-refractivity contribution >= 4 is 46.6 Å². The quantitative estimate of drug-likeness (QED) is 0.210. The van der Waals surface area contributed by atoms with Gasteiger partial charge in [-0.05, 0) is 73.1 Å². The normalized spacial score (nSPS) is 23.3. The maximum atomic E-state index is 13.3. The maximum absolute atomic E-state index is 13.3. The van der Waals surface area contributed by atoms with Crippen molar-refractivity contribution in [1.29, 1.82) is 0 Å². The van der Waals surface area contributed by atoms with Crippen molar-refractivity contribution in [3.05, 3.63) is 66.1 Å². The van der Waals surface area contributed by atoms with Gasteiger partial charge in [0.2, 0.25) is 17.8 Å². The number of nitrogens with one attached hydrogen (secondary N) is 3. The fraction of sp³-hybridized carbons (Fsp3) is 0.500. The minimum Gasteiger partial charge on any atom is -0.365 e. The van der Waals surface area contributed by atoms with E-state index in [4.69, 9.17) is 11.6 Å². The van der Waals surface area contributed by atoms with Crippen LogP contribution in [-0.4, -0.2) is 49.6 Å². The Kier molecular flexibility index (Phi) is 9.68. The molecule has 3 heterocycles. The van der Waals surface area contributed by atoms with Gasteiger partial charge >= 0.3 is 0 Å². The van der Waals surface area contributed by atoms with Crippen LogP contribution in [0.3, 0.4) is 0 Å². The Balaban J connectivity index is 1.000. The third-order valence-electron chi connectivity index (χ3n) is 9.91. The number of anilines is 4.